The Morgan fingerprint density at radius 2 is 2.16 bits per heavy atom. The summed E-state index contributed by atoms with van der Waals surface area (Å²) < 4.78 is 18.7. The van der Waals surface area contributed by atoms with E-state index in [-0.39, 0.29) is 24.1 Å². The molecule has 0 aliphatic carbocycles. The fourth-order valence-electron chi connectivity index (χ4n) is 2.71. The van der Waals surface area contributed by atoms with Crippen molar-refractivity contribution < 1.29 is 13.6 Å². The third kappa shape index (κ3) is 5.26. The average Bonchev–Trinajstić information content (AvgIpc) is 3.04. The second kappa shape index (κ2) is 8.94. The van der Waals surface area contributed by atoms with Crippen LogP contribution in [0.1, 0.15) is 5.69 Å². The van der Waals surface area contributed by atoms with Crippen LogP contribution in [0.15, 0.2) is 34.9 Å². The zero-order valence-corrected chi connectivity index (χ0v) is 14.9. The lowest BCUT2D eigenvalue weighted by Crippen LogP contribution is -2.49. The average molecular weight is 369 g/mol. The molecule has 136 valence electrons. The standard InChI is InChI=1S/C17H21FN4O2.ClH/c1-21(11-16(23)22-7-5-19-6-8-22)10-15-12-24-17(20-15)13-3-2-4-14(18)9-13;/h2-4,9,12,19H,5-8,10-11H2,1H3;1H. The Bertz CT molecular complexity index is 703. The summed E-state index contributed by atoms with van der Waals surface area (Å²) in [6.45, 7) is 4.02. The molecule has 0 radical (unpaired) electrons. The molecule has 1 amide bonds. The molecule has 1 aromatic carbocycles. The van der Waals surface area contributed by atoms with Gasteiger partial charge in [-0.25, -0.2) is 9.37 Å². The molecule has 6 nitrogen and oxygen atoms in total. The lowest BCUT2D eigenvalue weighted by Gasteiger charge is -2.29. The quantitative estimate of drug-likeness (QED) is 0.871. The first-order valence-electron chi connectivity index (χ1n) is 7.99. The summed E-state index contributed by atoms with van der Waals surface area (Å²) >= 11 is 0. The molecule has 1 N–H and O–H groups in total. The number of aromatic nitrogens is 1. The zero-order chi connectivity index (χ0) is 16.9. The summed E-state index contributed by atoms with van der Waals surface area (Å²) in [5.41, 5.74) is 1.31. The molecular formula is C17H22ClFN4O2. The van der Waals surface area contributed by atoms with E-state index < -0.39 is 0 Å². The Hall–Kier alpha value is -1.96. The van der Waals surface area contributed by atoms with Crippen LogP contribution in [-0.4, -0.2) is 60.5 Å². The lowest BCUT2D eigenvalue weighted by atomic mass is 10.2. The van der Waals surface area contributed by atoms with Gasteiger partial charge in [0.25, 0.3) is 0 Å². The van der Waals surface area contributed by atoms with E-state index in [9.17, 15) is 9.18 Å². The van der Waals surface area contributed by atoms with Crippen LogP contribution < -0.4 is 5.32 Å². The third-order valence-electron chi connectivity index (χ3n) is 3.93. The van der Waals surface area contributed by atoms with Crippen molar-refractivity contribution in [3.8, 4) is 11.5 Å². The van der Waals surface area contributed by atoms with Crippen LogP contribution >= 0.6 is 12.4 Å². The minimum absolute atomic E-state index is 0. The normalized spacial score (nSPS) is 14.4. The minimum Gasteiger partial charge on any atom is -0.444 e. The predicted molar refractivity (Wildman–Crippen MR) is 94.9 cm³/mol. The number of hydrogen-bond donors (Lipinski definition) is 1. The highest BCUT2D eigenvalue weighted by Crippen LogP contribution is 2.19. The van der Waals surface area contributed by atoms with Gasteiger partial charge in [0.2, 0.25) is 11.8 Å². The van der Waals surface area contributed by atoms with Gasteiger partial charge in [-0.3, -0.25) is 9.69 Å². The van der Waals surface area contributed by atoms with E-state index in [0.29, 0.717) is 30.2 Å². The summed E-state index contributed by atoms with van der Waals surface area (Å²) in [6.07, 6.45) is 1.55. The number of likely N-dealkylation sites (N-methyl/N-ethyl adjacent to an activating group) is 1. The molecule has 0 atom stereocenters. The molecule has 0 bridgehead atoms. The van der Waals surface area contributed by atoms with Crippen LogP contribution in [0, 0.1) is 5.82 Å². The van der Waals surface area contributed by atoms with Crippen LogP contribution in [0.2, 0.25) is 0 Å². The predicted octanol–water partition coefficient (Wildman–Crippen LogP) is 1.77. The number of benzene rings is 1. The molecule has 1 aromatic heterocycles. The van der Waals surface area contributed by atoms with Gasteiger partial charge in [-0.2, -0.15) is 0 Å². The number of rotatable bonds is 5. The first kappa shape index (κ1) is 19.4. The Kier molecular flexibility index (Phi) is 6.92. The summed E-state index contributed by atoms with van der Waals surface area (Å²) in [5, 5.41) is 3.23. The minimum atomic E-state index is -0.328. The molecule has 1 fully saturated rings. The largest absolute Gasteiger partial charge is 0.444 e. The van der Waals surface area contributed by atoms with Crippen molar-refractivity contribution in [2.45, 2.75) is 6.54 Å². The molecule has 25 heavy (non-hydrogen) atoms. The maximum absolute atomic E-state index is 13.3. The molecule has 1 aliphatic heterocycles. The Labute approximate surface area is 152 Å². The van der Waals surface area contributed by atoms with E-state index in [0.717, 1.165) is 26.2 Å². The van der Waals surface area contributed by atoms with Crippen LogP contribution in [0.25, 0.3) is 11.5 Å². The number of oxazole rings is 1. The van der Waals surface area contributed by atoms with Crippen molar-refractivity contribution in [1.82, 2.24) is 20.1 Å². The number of nitrogens with one attached hydrogen (secondary N) is 1. The molecular weight excluding hydrogens is 347 g/mol. The van der Waals surface area contributed by atoms with Crippen molar-refractivity contribution in [2.75, 3.05) is 39.8 Å². The Morgan fingerprint density at radius 3 is 2.88 bits per heavy atom. The number of nitrogens with zero attached hydrogens (tertiary/aromatic N) is 3. The SMILES string of the molecule is CN(CC(=O)N1CCNCC1)Cc1coc(-c2cccc(F)c2)n1.Cl. The molecule has 3 rings (SSSR count). The first-order valence-corrected chi connectivity index (χ1v) is 7.99. The van der Waals surface area contributed by atoms with Gasteiger partial charge in [-0.15, -0.1) is 12.4 Å². The molecule has 1 aliphatic rings. The topological polar surface area (TPSA) is 61.6 Å². The van der Waals surface area contributed by atoms with Gasteiger partial charge >= 0.3 is 0 Å². The van der Waals surface area contributed by atoms with Crippen LogP contribution in [0.4, 0.5) is 4.39 Å². The van der Waals surface area contributed by atoms with E-state index >= 15 is 0 Å². The number of amides is 1. The van der Waals surface area contributed by atoms with Gasteiger partial charge in [0, 0.05) is 38.3 Å². The van der Waals surface area contributed by atoms with Gasteiger partial charge in [0.15, 0.2) is 0 Å². The Balaban J connectivity index is 0.00000225. The van der Waals surface area contributed by atoms with Gasteiger partial charge in [0.05, 0.1) is 12.2 Å². The van der Waals surface area contributed by atoms with Gasteiger partial charge in [0.1, 0.15) is 12.1 Å². The monoisotopic (exact) mass is 368 g/mol. The maximum atomic E-state index is 13.3. The fourth-order valence-corrected chi connectivity index (χ4v) is 2.71. The molecule has 0 saturated carbocycles. The number of carbonyl (C=O) groups is 1. The summed E-state index contributed by atoms with van der Waals surface area (Å²) in [7, 11) is 1.87. The molecule has 0 spiro atoms. The second-order valence-corrected chi connectivity index (χ2v) is 5.96. The molecule has 0 unspecified atom stereocenters. The Morgan fingerprint density at radius 1 is 1.40 bits per heavy atom. The smallest absolute Gasteiger partial charge is 0.236 e. The van der Waals surface area contributed by atoms with E-state index in [2.05, 4.69) is 10.3 Å². The lowest BCUT2D eigenvalue weighted by molar-refractivity contribution is -0.132. The van der Waals surface area contributed by atoms with Crippen molar-refractivity contribution in [3.63, 3.8) is 0 Å². The van der Waals surface area contributed by atoms with E-state index in [1.807, 2.05) is 16.8 Å². The highest BCUT2D eigenvalue weighted by Gasteiger charge is 2.18. The maximum Gasteiger partial charge on any atom is 0.236 e. The van der Waals surface area contributed by atoms with Gasteiger partial charge in [-0.05, 0) is 25.2 Å². The van der Waals surface area contributed by atoms with Crippen LogP contribution in [0.5, 0.6) is 0 Å². The summed E-state index contributed by atoms with van der Waals surface area (Å²) in [5.74, 6) is 0.171. The third-order valence-corrected chi connectivity index (χ3v) is 3.93. The number of halogens is 2. The highest BCUT2D eigenvalue weighted by molar-refractivity contribution is 5.85. The van der Waals surface area contributed by atoms with Gasteiger partial charge in [-0.1, -0.05) is 6.07 Å². The van der Waals surface area contributed by atoms with Crippen LogP contribution in [0.3, 0.4) is 0 Å². The molecule has 2 aromatic rings. The highest BCUT2D eigenvalue weighted by atomic mass is 35.5. The van der Waals surface area contributed by atoms with Crippen molar-refractivity contribution in [2.24, 2.45) is 0 Å². The van der Waals surface area contributed by atoms with Gasteiger partial charge < -0.3 is 14.6 Å². The van der Waals surface area contributed by atoms with Crippen molar-refractivity contribution >= 4 is 18.3 Å². The molecule has 8 heteroatoms. The summed E-state index contributed by atoms with van der Waals surface area (Å²) in [6, 6.07) is 6.12. The number of hydrogen-bond acceptors (Lipinski definition) is 5. The van der Waals surface area contributed by atoms with Crippen molar-refractivity contribution in [1.29, 1.82) is 0 Å². The fraction of sp³-hybridized carbons (Fsp3) is 0.412. The molecule has 2 heterocycles. The van der Waals surface area contributed by atoms with E-state index in [1.165, 1.54) is 12.1 Å². The van der Waals surface area contributed by atoms with E-state index in [1.54, 1.807) is 18.4 Å². The van der Waals surface area contributed by atoms with Crippen LogP contribution in [-0.2, 0) is 11.3 Å². The molecule has 1 saturated heterocycles. The first-order chi connectivity index (χ1) is 11.6. The number of piperazine rings is 1. The van der Waals surface area contributed by atoms with E-state index in [4.69, 9.17) is 4.42 Å². The number of carbonyl (C=O) groups excluding carboxylic acids is 1. The zero-order valence-electron chi connectivity index (χ0n) is 14.1. The second-order valence-electron chi connectivity index (χ2n) is 5.96. The van der Waals surface area contributed by atoms with Crippen molar-refractivity contribution in [3.05, 3.63) is 42.0 Å². The summed E-state index contributed by atoms with van der Waals surface area (Å²) in [4.78, 5) is 20.4.